The highest BCUT2D eigenvalue weighted by Crippen LogP contribution is 2.32. The maximum atomic E-state index is 12.9. The van der Waals surface area contributed by atoms with Crippen LogP contribution in [0.15, 0.2) is 87.0 Å². The predicted octanol–water partition coefficient (Wildman–Crippen LogP) is 5.51. The molecule has 2 aliphatic rings. The standard InChI is InChI=1S/C26H19N5O2S/c1-15-13-18(16(2)30(15)21-10-5-8-17-7-3-4-9-19(17)21)14-20-23(27)31-26(28-24(20)32)34-25(29-31)22-11-6-12-33-22/h3-14,27H,1-2H3/b20-14+,27-23?. The largest absolute Gasteiger partial charge is 0.462 e. The Kier molecular flexibility index (Phi) is 4.63. The molecule has 34 heavy (non-hydrogen) atoms. The number of rotatable bonds is 3. The Hall–Kier alpha value is -4.17. The Morgan fingerprint density at radius 2 is 1.88 bits per heavy atom. The van der Waals surface area contributed by atoms with Crippen LogP contribution in [-0.2, 0) is 4.79 Å². The molecule has 2 aromatic heterocycles. The van der Waals surface area contributed by atoms with Crippen LogP contribution in [0.1, 0.15) is 22.7 Å². The Labute approximate surface area is 199 Å². The molecule has 1 amide bonds. The molecule has 0 aliphatic carbocycles. The number of carbonyl (C=O) groups excluding carboxylic acids is 1. The van der Waals surface area contributed by atoms with Gasteiger partial charge in [-0.3, -0.25) is 10.2 Å². The lowest BCUT2D eigenvalue weighted by molar-refractivity contribution is -0.114. The molecule has 4 aromatic rings. The topological polar surface area (TPSA) is 87.0 Å². The molecule has 0 saturated carbocycles. The number of aromatic nitrogens is 1. The van der Waals surface area contributed by atoms with E-state index >= 15 is 0 Å². The van der Waals surface area contributed by atoms with Gasteiger partial charge in [0, 0.05) is 16.8 Å². The van der Waals surface area contributed by atoms with Crippen LogP contribution in [0.25, 0.3) is 22.5 Å². The van der Waals surface area contributed by atoms with Gasteiger partial charge in [0.15, 0.2) is 16.6 Å². The number of benzene rings is 2. The molecule has 0 radical (unpaired) electrons. The summed E-state index contributed by atoms with van der Waals surface area (Å²) in [5.41, 5.74) is 4.15. The van der Waals surface area contributed by atoms with E-state index in [1.165, 1.54) is 16.8 Å². The normalized spacial score (nSPS) is 16.9. The molecule has 166 valence electrons. The molecule has 7 nitrogen and oxygen atoms in total. The molecule has 6 rings (SSSR count). The SMILES string of the molecule is Cc1cc(/C=C2\C(=N)N3N=C(c4ccco4)SC3=NC2=O)c(C)n1-c1cccc2ccccc12. The summed E-state index contributed by atoms with van der Waals surface area (Å²) in [5.74, 6) is 0.125. The average molecular weight is 466 g/mol. The fourth-order valence-electron chi connectivity index (χ4n) is 4.36. The van der Waals surface area contributed by atoms with Gasteiger partial charge in [0.05, 0.1) is 17.5 Å². The minimum absolute atomic E-state index is 0.000907. The quantitative estimate of drug-likeness (QED) is 0.404. The van der Waals surface area contributed by atoms with Crippen molar-refractivity contribution in [3.63, 3.8) is 0 Å². The number of nitrogens with zero attached hydrogens (tertiary/aromatic N) is 4. The Morgan fingerprint density at radius 1 is 1.06 bits per heavy atom. The minimum Gasteiger partial charge on any atom is -0.462 e. The van der Waals surface area contributed by atoms with Gasteiger partial charge in [-0.25, -0.2) is 0 Å². The van der Waals surface area contributed by atoms with Gasteiger partial charge in [0.2, 0.25) is 5.17 Å². The number of hydrogen-bond acceptors (Lipinski definition) is 5. The number of aliphatic imine (C=N–C) groups is 1. The van der Waals surface area contributed by atoms with E-state index in [2.05, 4.69) is 38.9 Å². The lowest BCUT2D eigenvalue weighted by Gasteiger charge is -2.20. The van der Waals surface area contributed by atoms with E-state index in [0.717, 1.165) is 33.4 Å². The summed E-state index contributed by atoms with van der Waals surface area (Å²) in [6.45, 7) is 4.06. The molecule has 4 heterocycles. The number of thioether (sulfide) groups is 1. The molecule has 2 aromatic carbocycles. The van der Waals surface area contributed by atoms with Gasteiger partial charge in [-0.15, -0.1) is 0 Å². The van der Waals surface area contributed by atoms with Gasteiger partial charge < -0.3 is 8.98 Å². The van der Waals surface area contributed by atoms with E-state index in [9.17, 15) is 4.79 Å². The summed E-state index contributed by atoms with van der Waals surface area (Å²) in [5, 5.41) is 17.7. The van der Waals surface area contributed by atoms with Crippen LogP contribution in [0.4, 0.5) is 0 Å². The summed E-state index contributed by atoms with van der Waals surface area (Å²) in [7, 11) is 0. The molecule has 2 aliphatic heterocycles. The third kappa shape index (κ3) is 3.14. The minimum atomic E-state index is -0.449. The number of hydrazone groups is 1. The average Bonchev–Trinajstić information content (AvgIpc) is 3.56. The second-order valence-corrected chi connectivity index (χ2v) is 9.02. The highest BCUT2D eigenvalue weighted by molar-refractivity contribution is 8.27. The van der Waals surface area contributed by atoms with E-state index in [0.29, 0.717) is 16.0 Å². The zero-order valence-electron chi connectivity index (χ0n) is 18.4. The van der Waals surface area contributed by atoms with Crippen molar-refractivity contribution in [3.05, 3.63) is 95.2 Å². The molecule has 1 N–H and O–H groups in total. The van der Waals surface area contributed by atoms with Gasteiger partial charge >= 0.3 is 0 Å². The summed E-state index contributed by atoms with van der Waals surface area (Å²) >= 11 is 1.22. The second-order valence-electron chi connectivity index (χ2n) is 8.06. The van der Waals surface area contributed by atoms with Crippen molar-refractivity contribution in [2.45, 2.75) is 13.8 Å². The maximum absolute atomic E-state index is 12.9. The summed E-state index contributed by atoms with van der Waals surface area (Å²) < 4.78 is 7.59. The highest BCUT2D eigenvalue weighted by Gasteiger charge is 2.36. The highest BCUT2D eigenvalue weighted by atomic mass is 32.2. The number of fused-ring (bicyclic) bond motifs is 2. The number of amides is 1. The number of furan rings is 1. The first-order chi connectivity index (χ1) is 16.5. The number of nitrogens with one attached hydrogen (secondary N) is 1. The predicted molar refractivity (Wildman–Crippen MR) is 136 cm³/mol. The molecular formula is C26H19N5O2S. The molecule has 0 saturated heterocycles. The number of hydrogen-bond donors (Lipinski definition) is 1. The molecule has 0 unspecified atom stereocenters. The van der Waals surface area contributed by atoms with Gasteiger partial charge in [0.1, 0.15) is 0 Å². The fraction of sp³-hybridized carbons (Fsp3) is 0.0769. The smallest absolute Gasteiger partial charge is 0.283 e. The molecule has 0 fully saturated rings. The Morgan fingerprint density at radius 3 is 2.71 bits per heavy atom. The molecule has 0 atom stereocenters. The lowest BCUT2D eigenvalue weighted by atomic mass is 10.1. The first-order valence-electron chi connectivity index (χ1n) is 10.7. The van der Waals surface area contributed by atoms with Gasteiger partial charge in [-0.2, -0.15) is 15.1 Å². The van der Waals surface area contributed by atoms with Crippen LogP contribution in [0.3, 0.4) is 0 Å². The first-order valence-corrected chi connectivity index (χ1v) is 11.5. The number of aryl methyl sites for hydroxylation is 1. The van der Waals surface area contributed by atoms with E-state index in [1.54, 1.807) is 24.5 Å². The van der Waals surface area contributed by atoms with Crippen molar-refractivity contribution in [1.82, 2.24) is 9.58 Å². The van der Waals surface area contributed by atoms with Crippen molar-refractivity contribution >= 4 is 50.6 Å². The maximum Gasteiger partial charge on any atom is 0.283 e. The summed E-state index contributed by atoms with van der Waals surface area (Å²) in [6, 6.07) is 20.1. The first kappa shape index (κ1) is 20.4. The van der Waals surface area contributed by atoms with Crippen molar-refractivity contribution in [3.8, 4) is 5.69 Å². The second kappa shape index (κ2) is 7.71. The van der Waals surface area contributed by atoms with Crippen molar-refractivity contribution in [2.75, 3.05) is 0 Å². The van der Waals surface area contributed by atoms with E-state index in [4.69, 9.17) is 9.83 Å². The Bertz CT molecular complexity index is 1590. The van der Waals surface area contributed by atoms with Crippen LogP contribution >= 0.6 is 11.8 Å². The summed E-state index contributed by atoms with van der Waals surface area (Å²) in [6.07, 6.45) is 3.30. The molecule has 8 heteroatoms. The van der Waals surface area contributed by atoms with Crippen molar-refractivity contribution in [1.29, 1.82) is 5.41 Å². The van der Waals surface area contributed by atoms with Gasteiger partial charge in [-0.1, -0.05) is 36.4 Å². The number of amidine groups is 2. The number of carbonyl (C=O) groups is 1. The molecule has 0 spiro atoms. The third-order valence-electron chi connectivity index (χ3n) is 5.96. The molecule has 0 bridgehead atoms. The van der Waals surface area contributed by atoms with Gasteiger partial charge in [0.25, 0.3) is 5.91 Å². The van der Waals surface area contributed by atoms with E-state index in [1.807, 2.05) is 38.1 Å². The third-order valence-corrected chi connectivity index (χ3v) is 6.89. The lowest BCUT2D eigenvalue weighted by Crippen LogP contribution is -2.35. The monoisotopic (exact) mass is 465 g/mol. The van der Waals surface area contributed by atoms with Crippen molar-refractivity contribution < 1.29 is 9.21 Å². The van der Waals surface area contributed by atoms with Crippen LogP contribution in [0.2, 0.25) is 0 Å². The van der Waals surface area contributed by atoms with Crippen LogP contribution in [0.5, 0.6) is 0 Å². The van der Waals surface area contributed by atoms with Crippen molar-refractivity contribution in [2.24, 2.45) is 10.1 Å². The Balaban J connectivity index is 1.41. The van der Waals surface area contributed by atoms with Crippen LogP contribution < -0.4 is 0 Å². The van der Waals surface area contributed by atoms with E-state index < -0.39 is 5.91 Å². The zero-order chi connectivity index (χ0) is 23.4. The van der Waals surface area contributed by atoms with E-state index in [-0.39, 0.29) is 11.4 Å². The van der Waals surface area contributed by atoms with Crippen LogP contribution in [0, 0.1) is 19.3 Å². The summed E-state index contributed by atoms with van der Waals surface area (Å²) in [4.78, 5) is 17.1. The van der Waals surface area contributed by atoms with Crippen LogP contribution in [-0.4, -0.2) is 31.5 Å². The van der Waals surface area contributed by atoms with Gasteiger partial charge in [-0.05, 0) is 66.9 Å². The molecular weight excluding hydrogens is 446 g/mol. The zero-order valence-corrected chi connectivity index (χ0v) is 19.3. The fourth-order valence-corrected chi connectivity index (χ4v) is 5.21.